The molecule has 21 heavy (non-hydrogen) atoms. The van der Waals surface area contributed by atoms with Crippen molar-refractivity contribution in [1.29, 1.82) is 0 Å². The molecule has 0 spiro atoms. The number of nitrogens with one attached hydrogen (secondary N) is 1. The number of nitrogens with two attached hydrogens (primary N) is 1. The number of thiophene rings is 1. The predicted molar refractivity (Wildman–Crippen MR) is 84.3 cm³/mol. The fourth-order valence-electron chi connectivity index (χ4n) is 2.49. The van der Waals surface area contributed by atoms with Gasteiger partial charge in [0, 0.05) is 15.5 Å². The lowest BCUT2D eigenvalue weighted by molar-refractivity contribution is 0.503. The van der Waals surface area contributed by atoms with E-state index in [1.165, 1.54) is 16.5 Å². The van der Waals surface area contributed by atoms with E-state index < -0.39 is 11.6 Å². The number of rotatable bonds is 4. The van der Waals surface area contributed by atoms with Gasteiger partial charge in [-0.15, -0.1) is 11.3 Å². The maximum absolute atomic E-state index is 13.3. The summed E-state index contributed by atoms with van der Waals surface area (Å²) in [5, 5.41) is 0. The van der Waals surface area contributed by atoms with Crippen LogP contribution in [0, 0.1) is 11.6 Å². The third kappa shape index (κ3) is 3.29. The van der Waals surface area contributed by atoms with Crippen LogP contribution in [-0.2, 0) is 18.6 Å². The van der Waals surface area contributed by atoms with Gasteiger partial charge in [0.25, 0.3) is 0 Å². The maximum Gasteiger partial charge on any atom is 0.159 e. The van der Waals surface area contributed by atoms with Crippen LogP contribution in [0.3, 0.4) is 0 Å². The molecule has 1 aliphatic rings. The third-order valence-corrected chi connectivity index (χ3v) is 5.97. The van der Waals surface area contributed by atoms with Crippen molar-refractivity contribution in [3.8, 4) is 0 Å². The highest BCUT2D eigenvalue weighted by atomic mass is 32.2. The van der Waals surface area contributed by atoms with E-state index in [2.05, 4.69) is 11.5 Å². The van der Waals surface area contributed by atoms with Crippen molar-refractivity contribution in [2.75, 3.05) is 5.75 Å². The monoisotopic (exact) mass is 326 g/mol. The highest BCUT2D eigenvalue weighted by Gasteiger charge is 2.19. The number of halogens is 2. The Hall–Kier alpha value is -0.950. The number of benzene rings is 1. The first-order chi connectivity index (χ1) is 10.2. The lowest BCUT2D eigenvalue weighted by Crippen LogP contribution is -2.29. The van der Waals surface area contributed by atoms with Crippen LogP contribution in [0.15, 0.2) is 24.3 Å². The summed E-state index contributed by atoms with van der Waals surface area (Å²) in [7, 11) is 0. The highest BCUT2D eigenvalue weighted by molar-refractivity contribution is 7.98. The van der Waals surface area contributed by atoms with Gasteiger partial charge in [-0.25, -0.2) is 8.78 Å². The topological polar surface area (TPSA) is 38.0 Å². The minimum atomic E-state index is -0.820. The second-order valence-corrected chi connectivity index (χ2v) is 7.35. The first kappa shape index (κ1) is 15.0. The summed E-state index contributed by atoms with van der Waals surface area (Å²) in [6.07, 6.45) is 1.65. The average Bonchev–Trinajstić information content (AvgIpc) is 2.92. The molecule has 0 amide bonds. The molecule has 1 aliphatic heterocycles. The predicted octanol–water partition coefficient (Wildman–Crippen LogP) is 3.56. The van der Waals surface area contributed by atoms with E-state index in [0.717, 1.165) is 34.4 Å². The Morgan fingerprint density at radius 2 is 2.10 bits per heavy atom. The Kier molecular flexibility index (Phi) is 4.59. The average molecular weight is 326 g/mol. The molecule has 0 fully saturated rings. The third-order valence-electron chi connectivity index (χ3n) is 3.62. The SMILES string of the molecule is NNC(Cc1ccc(F)c(F)c1)c1cc2c(s1)CCSC2. The van der Waals surface area contributed by atoms with Gasteiger partial charge in [-0.3, -0.25) is 11.3 Å². The summed E-state index contributed by atoms with van der Waals surface area (Å²) in [5.74, 6) is 6.24. The van der Waals surface area contributed by atoms with Crippen molar-refractivity contribution in [1.82, 2.24) is 5.43 Å². The zero-order valence-corrected chi connectivity index (χ0v) is 13.0. The summed E-state index contributed by atoms with van der Waals surface area (Å²) >= 11 is 3.71. The second-order valence-electron chi connectivity index (χ2n) is 5.07. The zero-order valence-electron chi connectivity index (χ0n) is 11.4. The molecule has 2 aromatic rings. The van der Waals surface area contributed by atoms with Gasteiger partial charge in [0.05, 0.1) is 6.04 Å². The number of aryl methyl sites for hydroxylation is 1. The Labute approximate surface area is 130 Å². The van der Waals surface area contributed by atoms with Crippen LogP contribution >= 0.6 is 23.1 Å². The summed E-state index contributed by atoms with van der Waals surface area (Å²) in [6, 6.07) is 6.12. The molecule has 112 valence electrons. The van der Waals surface area contributed by atoms with Crippen LogP contribution in [0.1, 0.15) is 26.9 Å². The molecule has 3 N–H and O–H groups in total. The lowest BCUT2D eigenvalue weighted by Gasteiger charge is -2.14. The van der Waals surface area contributed by atoms with Crippen LogP contribution in [-0.4, -0.2) is 5.75 Å². The standard InChI is InChI=1S/C15H16F2N2S2/c16-11-2-1-9(5-12(11)17)6-13(19-18)15-7-10-8-20-4-3-14(10)21-15/h1-2,5,7,13,19H,3-4,6,8,18H2. The van der Waals surface area contributed by atoms with E-state index in [9.17, 15) is 8.78 Å². The van der Waals surface area contributed by atoms with E-state index >= 15 is 0 Å². The quantitative estimate of drug-likeness (QED) is 0.666. The molecule has 1 unspecified atom stereocenters. The summed E-state index contributed by atoms with van der Waals surface area (Å²) in [4.78, 5) is 2.59. The van der Waals surface area contributed by atoms with Gasteiger partial charge in [0.2, 0.25) is 0 Å². The largest absolute Gasteiger partial charge is 0.271 e. The van der Waals surface area contributed by atoms with Gasteiger partial charge < -0.3 is 0 Å². The van der Waals surface area contributed by atoms with Crippen molar-refractivity contribution in [2.24, 2.45) is 5.84 Å². The van der Waals surface area contributed by atoms with Crippen molar-refractivity contribution in [2.45, 2.75) is 24.6 Å². The van der Waals surface area contributed by atoms with Crippen LogP contribution in [0.5, 0.6) is 0 Å². The number of thioether (sulfide) groups is 1. The van der Waals surface area contributed by atoms with E-state index in [4.69, 9.17) is 5.84 Å². The minimum Gasteiger partial charge on any atom is -0.271 e. The normalized spacial score (nSPS) is 15.8. The first-order valence-electron chi connectivity index (χ1n) is 6.76. The first-order valence-corrected chi connectivity index (χ1v) is 8.74. The lowest BCUT2D eigenvalue weighted by atomic mass is 10.0. The van der Waals surface area contributed by atoms with E-state index in [1.807, 2.05) is 11.8 Å². The fourth-order valence-corrected chi connectivity index (χ4v) is 4.92. The molecule has 0 aliphatic carbocycles. The van der Waals surface area contributed by atoms with Crippen LogP contribution in [0.4, 0.5) is 8.78 Å². The molecule has 6 heteroatoms. The molecule has 1 aromatic heterocycles. The van der Waals surface area contributed by atoms with Gasteiger partial charge >= 0.3 is 0 Å². The minimum absolute atomic E-state index is 0.0736. The molecule has 2 nitrogen and oxygen atoms in total. The molecule has 0 bridgehead atoms. The van der Waals surface area contributed by atoms with Gasteiger partial charge in [0.1, 0.15) is 0 Å². The summed E-state index contributed by atoms with van der Waals surface area (Å²) < 4.78 is 26.3. The fraction of sp³-hybridized carbons (Fsp3) is 0.333. The van der Waals surface area contributed by atoms with E-state index in [1.54, 1.807) is 17.4 Å². The number of hydrazine groups is 1. The Morgan fingerprint density at radius 3 is 2.81 bits per heavy atom. The number of hydrogen-bond acceptors (Lipinski definition) is 4. The highest BCUT2D eigenvalue weighted by Crippen LogP contribution is 2.35. The smallest absolute Gasteiger partial charge is 0.159 e. The Bertz CT molecular complexity index is 619. The summed E-state index contributed by atoms with van der Waals surface area (Å²) in [5.41, 5.74) is 4.92. The van der Waals surface area contributed by atoms with Crippen LogP contribution < -0.4 is 11.3 Å². The van der Waals surface area contributed by atoms with Crippen molar-refractivity contribution in [3.05, 3.63) is 56.8 Å². The molecule has 0 radical (unpaired) electrons. The van der Waals surface area contributed by atoms with Gasteiger partial charge in [0.15, 0.2) is 11.6 Å². The number of hydrogen-bond donors (Lipinski definition) is 2. The molecular weight excluding hydrogens is 310 g/mol. The molecular formula is C15H16F2N2S2. The van der Waals surface area contributed by atoms with Crippen molar-refractivity contribution < 1.29 is 8.78 Å². The van der Waals surface area contributed by atoms with Gasteiger partial charge in [-0.05, 0) is 47.9 Å². The zero-order chi connectivity index (χ0) is 14.8. The van der Waals surface area contributed by atoms with Crippen molar-refractivity contribution in [3.63, 3.8) is 0 Å². The van der Waals surface area contributed by atoms with Crippen LogP contribution in [0.2, 0.25) is 0 Å². The Balaban J connectivity index is 1.81. The molecule has 3 rings (SSSR count). The van der Waals surface area contributed by atoms with Gasteiger partial charge in [-0.1, -0.05) is 6.07 Å². The molecule has 0 saturated heterocycles. The van der Waals surface area contributed by atoms with E-state index in [0.29, 0.717) is 6.42 Å². The van der Waals surface area contributed by atoms with E-state index in [-0.39, 0.29) is 6.04 Å². The van der Waals surface area contributed by atoms with Crippen LogP contribution in [0.25, 0.3) is 0 Å². The van der Waals surface area contributed by atoms with Crippen molar-refractivity contribution >= 4 is 23.1 Å². The number of fused-ring (bicyclic) bond motifs is 1. The molecule has 0 saturated carbocycles. The van der Waals surface area contributed by atoms with Gasteiger partial charge in [-0.2, -0.15) is 11.8 Å². The summed E-state index contributed by atoms with van der Waals surface area (Å²) in [6.45, 7) is 0. The molecule has 2 heterocycles. The molecule has 1 atom stereocenters. The second kappa shape index (κ2) is 6.44. The molecule has 1 aromatic carbocycles. The Morgan fingerprint density at radius 1 is 1.24 bits per heavy atom. The maximum atomic E-state index is 13.3.